The van der Waals surface area contributed by atoms with Crippen molar-refractivity contribution in [3.05, 3.63) is 88.7 Å². The second-order valence-corrected chi connectivity index (χ2v) is 10.4. The number of carbonyl (C=O) groups is 1. The maximum atomic E-state index is 14.7. The van der Waals surface area contributed by atoms with Gasteiger partial charge in [-0.25, -0.2) is 18.0 Å². The van der Waals surface area contributed by atoms with E-state index in [0.29, 0.717) is 50.2 Å². The molecule has 0 unspecified atom stereocenters. The minimum absolute atomic E-state index is 0.000406. The first-order chi connectivity index (χ1) is 18.6. The van der Waals surface area contributed by atoms with E-state index in [-0.39, 0.29) is 17.2 Å². The van der Waals surface area contributed by atoms with Crippen LogP contribution in [0.25, 0.3) is 11.1 Å². The number of carboxylic acids is 1. The van der Waals surface area contributed by atoms with Crippen LogP contribution in [-0.4, -0.2) is 46.5 Å². The van der Waals surface area contributed by atoms with Crippen LogP contribution >= 0.6 is 0 Å². The molecule has 3 aromatic rings. The summed E-state index contributed by atoms with van der Waals surface area (Å²) in [7, 11) is 0. The minimum Gasteiger partial charge on any atom is -0.491 e. The number of benzene rings is 3. The van der Waals surface area contributed by atoms with E-state index in [1.807, 2.05) is 19.9 Å². The highest BCUT2D eigenvalue weighted by Crippen LogP contribution is 2.38. The molecule has 3 aromatic carbocycles. The molecule has 0 aromatic heterocycles. The first-order valence-electron chi connectivity index (χ1n) is 12.9. The van der Waals surface area contributed by atoms with E-state index in [4.69, 9.17) is 14.7 Å². The van der Waals surface area contributed by atoms with Gasteiger partial charge in [0, 0.05) is 44.5 Å². The van der Waals surface area contributed by atoms with Crippen molar-refractivity contribution in [2.45, 2.75) is 51.4 Å². The van der Waals surface area contributed by atoms with Crippen LogP contribution in [0.5, 0.6) is 5.75 Å². The summed E-state index contributed by atoms with van der Waals surface area (Å²) in [6.45, 7) is 5.66. The first-order valence-corrected chi connectivity index (χ1v) is 12.9. The average molecular weight is 539 g/mol. The van der Waals surface area contributed by atoms with Gasteiger partial charge in [-0.2, -0.15) is 0 Å². The monoisotopic (exact) mass is 538 g/mol. The molecule has 6 nitrogen and oxygen atoms in total. The quantitative estimate of drug-likeness (QED) is 0.352. The molecule has 1 N–H and O–H groups in total. The smallest absolute Gasteiger partial charge is 0.335 e. The number of piperidine rings is 1. The predicted molar refractivity (Wildman–Crippen MR) is 140 cm³/mol. The molecule has 0 aliphatic carbocycles. The van der Waals surface area contributed by atoms with Gasteiger partial charge in [0.1, 0.15) is 11.4 Å². The number of hydrogen-bond donors (Lipinski definition) is 1. The Morgan fingerprint density at radius 1 is 1.03 bits per heavy atom. The van der Waals surface area contributed by atoms with Crippen LogP contribution in [0.15, 0.2) is 59.8 Å². The summed E-state index contributed by atoms with van der Waals surface area (Å²) in [6, 6.07) is 14.0. The molecule has 0 saturated carbocycles. The Hall–Kier alpha value is -3.85. The fraction of sp³-hybridized carbons (Fsp3) is 0.333. The fourth-order valence-corrected chi connectivity index (χ4v) is 5.15. The molecule has 2 aliphatic rings. The number of ether oxygens (including phenoxy) is 1. The predicted octanol–water partition coefficient (Wildman–Crippen LogP) is 6.42. The summed E-state index contributed by atoms with van der Waals surface area (Å²) in [5, 5.41) is 13.4. The fourth-order valence-electron chi connectivity index (χ4n) is 5.15. The van der Waals surface area contributed by atoms with Crippen LogP contribution in [0, 0.1) is 17.5 Å². The SMILES string of the molecule is CC(C)Oc1ccc(-c2ccc(F)c(F)c2F)c(CN2CCC3(CC2)CC(c2ccc(C(=O)O)cc2)=NO3)c1. The number of oxime groups is 1. The minimum atomic E-state index is -1.49. The second-order valence-electron chi connectivity index (χ2n) is 10.4. The number of likely N-dealkylation sites (tertiary alicyclic amines) is 1. The normalized spacial score (nSPS) is 16.8. The standard InChI is InChI=1S/C30H29F3N2O4/c1-18(2)38-22-7-8-23(24-9-10-25(31)28(33)27(24)32)21(15-22)17-35-13-11-30(12-14-35)16-26(34-39-30)19-3-5-20(6-4-19)29(36)37/h3-10,15,18H,11-14,16-17H2,1-2H3,(H,36,37). The van der Waals surface area contributed by atoms with Gasteiger partial charge in [0.05, 0.1) is 17.4 Å². The Labute approximate surface area is 224 Å². The zero-order chi connectivity index (χ0) is 27.7. The zero-order valence-electron chi connectivity index (χ0n) is 21.7. The zero-order valence-corrected chi connectivity index (χ0v) is 21.7. The molecule has 39 heavy (non-hydrogen) atoms. The molecule has 0 radical (unpaired) electrons. The molecular weight excluding hydrogens is 509 g/mol. The topological polar surface area (TPSA) is 71.4 Å². The molecule has 5 rings (SSSR count). The lowest BCUT2D eigenvalue weighted by Gasteiger charge is -2.37. The van der Waals surface area contributed by atoms with Crippen molar-refractivity contribution in [1.82, 2.24) is 4.90 Å². The van der Waals surface area contributed by atoms with Crippen LogP contribution in [0.3, 0.4) is 0 Å². The molecule has 2 aliphatic heterocycles. The summed E-state index contributed by atoms with van der Waals surface area (Å²) >= 11 is 0. The molecule has 1 saturated heterocycles. The second kappa shape index (κ2) is 10.7. The number of hydrogen-bond acceptors (Lipinski definition) is 5. The first kappa shape index (κ1) is 26.7. The molecule has 2 heterocycles. The van der Waals surface area contributed by atoms with Crippen LogP contribution in [0.2, 0.25) is 0 Å². The number of carboxylic acid groups (broad SMARTS) is 1. The Kier molecular flexibility index (Phi) is 7.36. The van der Waals surface area contributed by atoms with Gasteiger partial charge in [-0.05, 0) is 66.9 Å². The van der Waals surface area contributed by atoms with Gasteiger partial charge < -0.3 is 14.7 Å². The summed E-state index contributed by atoms with van der Waals surface area (Å²) < 4.78 is 48.2. The highest BCUT2D eigenvalue weighted by molar-refractivity contribution is 6.02. The molecule has 1 spiro atoms. The maximum Gasteiger partial charge on any atom is 0.335 e. The summed E-state index contributed by atoms with van der Waals surface area (Å²) in [4.78, 5) is 19.3. The summed E-state index contributed by atoms with van der Waals surface area (Å²) in [5.41, 5.74) is 2.63. The van der Waals surface area contributed by atoms with E-state index >= 15 is 0 Å². The Bertz CT molecular complexity index is 1410. The highest BCUT2D eigenvalue weighted by Gasteiger charge is 2.42. The summed E-state index contributed by atoms with van der Waals surface area (Å²) in [6.07, 6.45) is 1.98. The van der Waals surface area contributed by atoms with E-state index in [2.05, 4.69) is 10.1 Å². The van der Waals surface area contributed by atoms with E-state index in [1.54, 1.807) is 36.4 Å². The van der Waals surface area contributed by atoms with Crippen LogP contribution in [0.4, 0.5) is 13.2 Å². The van der Waals surface area contributed by atoms with Crippen molar-refractivity contribution >= 4 is 11.7 Å². The Morgan fingerprint density at radius 3 is 2.38 bits per heavy atom. The van der Waals surface area contributed by atoms with E-state index in [9.17, 15) is 18.0 Å². The third kappa shape index (κ3) is 5.63. The van der Waals surface area contributed by atoms with Gasteiger partial charge in [0.15, 0.2) is 17.5 Å². The van der Waals surface area contributed by atoms with Crippen LogP contribution in [0.1, 0.15) is 54.6 Å². The van der Waals surface area contributed by atoms with E-state index < -0.39 is 29.0 Å². The summed E-state index contributed by atoms with van der Waals surface area (Å²) in [5.74, 6) is -4.30. The van der Waals surface area contributed by atoms with Crippen molar-refractivity contribution in [3.8, 4) is 16.9 Å². The third-order valence-corrected chi connectivity index (χ3v) is 7.24. The maximum absolute atomic E-state index is 14.7. The van der Waals surface area contributed by atoms with Crippen molar-refractivity contribution in [1.29, 1.82) is 0 Å². The number of nitrogens with zero attached hydrogens (tertiary/aromatic N) is 2. The van der Waals surface area contributed by atoms with Crippen molar-refractivity contribution < 1.29 is 32.6 Å². The largest absolute Gasteiger partial charge is 0.491 e. The molecule has 9 heteroatoms. The Balaban J connectivity index is 1.30. The van der Waals surface area contributed by atoms with Gasteiger partial charge in [0.2, 0.25) is 0 Å². The molecule has 1 fully saturated rings. The van der Waals surface area contributed by atoms with Gasteiger partial charge in [-0.15, -0.1) is 0 Å². The van der Waals surface area contributed by atoms with Crippen molar-refractivity contribution in [2.24, 2.45) is 5.16 Å². The van der Waals surface area contributed by atoms with Crippen molar-refractivity contribution in [3.63, 3.8) is 0 Å². The average Bonchev–Trinajstić information content (AvgIpc) is 3.33. The number of aromatic carboxylic acids is 1. The molecule has 0 amide bonds. The third-order valence-electron chi connectivity index (χ3n) is 7.24. The lowest BCUT2D eigenvalue weighted by Crippen LogP contribution is -2.44. The lowest BCUT2D eigenvalue weighted by atomic mass is 9.85. The van der Waals surface area contributed by atoms with Gasteiger partial charge in [0.25, 0.3) is 0 Å². The van der Waals surface area contributed by atoms with Gasteiger partial charge >= 0.3 is 5.97 Å². The van der Waals surface area contributed by atoms with Crippen molar-refractivity contribution in [2.75, 3.05) is 13.1 Å². The molecular formula is C30H29F3N2O4. The van der Waals surface area contributed by atoms with Gasteiger partial charge in [-0.3, -0.25) is 4.90 Å². The lowest BCUT2D eigenvalue weighted by molar-refractivity contribution is -0.0626. The molecule has 0 atom stereocenters. The van der Waals surface area contributed by atoms with E-state index in [1.165, 1.54) is 6.07 Å². The molecule has 0 bridgehead atoms. The van der Waals surface area contributed by atoms with Gasteiger partial charge in [-0.1, -0.05) is 23.4 Å². The van der Waals surface area contributed by atoms with Crippen LogP contribution < -0.4 is 4.74 Å². The highest BCUT2D eigenvalue weighted by atomic mass is 19.2. The number of halogens is 3. The van der Waals surface area contributed by atoms with Crippen LogP contribution in [-0.2, 0) is 11.4 Å². The molecule has 204 valence electrons. The number of rotatable bonds is 7. The Morgan fingerprint density at radius 2 is 1.72 bits per heavy atom. The van der Waals surface area contributed by atoms with E-state index in [0.717, 1.165) is 22.9 Å².